The van der Waals surface area contributed by atoms with Crippen LogP contribution < -0.4 is 10.9 Å². The van der Waals surface area contributed by atoms with E-state index in [9.17, 15) is 13.2 Å². The Bertz CT molecular complexity index is 1480. The van der Waals surface area contributed by atoms with Crippen molar-refractivity contribution in [1.82, 2.24) is 0 Å². The summed E-state index contributed by atoms with van der Waals surface area (Å²) in [5.74, 6) is -10.9. The fourth-order valence-corrected chi connectivity index (χ4v) is 17.5. The molecule has 0 nitrogen and oxygen atoms in total. The first-order valence-corrected chi connectivity index (χ1v) is 19.7. The molecular formula is C34H42BF8Si2. The second-order valence-corrected chi connectivity index (χ2v) is 24.7. The highest BCUT2D eigenvalue weighted by Gasteiger charge is 2.43. The second kappa shape index (κ2) is 14.5. The van der Waals surface area contributed by atoms with Crippen molar-refractivity contribution in [2.45, 2.75) is 116 Å². The first kappa shape index (κ1) is 38.7. The van der Waals surface area contributed by atoms with E-state index in [1.165, 1.54) is 0 Å². The Hall–Kier alpha value is -2.50. The fraction of sp³-hybridized carbons (Fsp3) is 0.529. The molecule has 11 heteroatoms. The molecule has 0 amide bonds. The summed E-state index contributed by atoms with van der Waals surface area (Å²) >= 11 is 0. The molecule has 45 heavy (non-hydrogen) atoms. The monoisotopic (exact) mass is 669 g/mol. The molecule has 0 unspecified atom stereocenters. The number of halogens is 8. The van der Waals surface area contributed by atoms with E-state index in [1.807, 2.05) is 83.1 Å². The van der Waals surface area contributed by atoms with Gasteiger partial charge in [-0.25, -0.2) is 35.1 Å². The van der Waals surface area contributed by atoms with Crippen molar-refractivity contribution < 1.29 is 35.1 Å². The summed E-state index contributed by atoms with van der Waals surface area (Å²) in [6, 6.07) is 0. The predicted molar refractivity (Wildman–Crippen MR) is 173 cm³/mol. The number of benzene rings is 2. The van der Waals surface area contributed by atoms with E-state index in [2.05, 4.69) is 22.9 Å². The fourth-order valence-electron chi connectivity index (χ4n) is 7.13. The molecule has 0 bridgehead atoms. The molecule has 0 atom stereocenters. The van der Waals surface area contributed by atoms with E-state index in [-0.39, 0.29) is 40.5 Å². The van der Waals surface area contributed by atoms with Crippen LogP contribution in [0.4, 0.5) is 35.1 Å². The third kappa shape index (κ3) is 6.81. The van der Waals surface area contributed by atoms with E-state index in [1.54, 1.807) is 0 Å². The number of rotatable bonds is 8. The SMILES string of the molecule is CC(C)[Si](C#Cc1c(F)c(F)c([B]c2c(F)c(F)c(F)c(C#C[Si](C(C)C)(C(C)C)C(C)C)c2F)c(F)c1F)(C(C)C)C(C)C. The van der Waals surface area contributed by atoms with Gasteiger partial charge < -0.3 is 0 Å². The maximum Gasteiger partial charge on any atom is 0.207 e. The summed E-state index contributed by atoms with van der Waals surface area (Å²) in [5.41, 5.74) is 0.964. The molecule has 0 aliphatic heterocycles. The van der Waals surface area contributed by atoms with Gasteiger partial charge in [0, 0.05) is 0 Å². The molecule has 245 valence electrons. The maximum absolute atomic E-state index is 15.6. The lowest BCUT2D eigenvalue weighted by atomic mass is 9.62. The quantitative estimate of drug-likeness (QED) is 0.0864. The molecule has 0 fully saturated rings. The van der Waals surface area contributed by atoms with Gasteiger partial charge in [-0.2, -0.15) is 0 Å². The summed E-state index contributed by atoms with van der Waals surface area (Å²) in [6.45, 7) is 23.2. The molecule has 0 heterocycles. The molecule has 2 aromatic carbocycles. The van der Waals surface area contributed by atoms with Crippen LogP contribution in [0.15, 0.2) is 0 Å². The Kier molecular flexibility index (Phi) is 12.5. The zero-order valence-corrected chi connectivity index (χ0v) is 30.1. The van der Waals surface area contributed by atoms with Gasteiger partial charge in [-0.05, 0) is 44.2 Å². The third-order valence-electron chi connectivity index (χ3n) is 9.42. The van der Waals surface area contributed by atoms with Crippen molar-refractivity contribution in [1.29, 1.82) is 0 Å². The lowest BCUT2D eigenvalue weighted by molar-refractivity contribution is 0.438. The van der Waals surface area contributed by atoms with E-state index in [0.717, 1.165) is 0 Å². The summed E-state index contributed by atoms with van der Waals surface area (Å²) < 4.78 is 121. The Labute approximate surface area is 266 Å². The van der Waals surface area contributed by atoms with Crippen LogP contribution in [0.5, 0.6) is 0 Å². The topological polar surface area (TPSA) is 0 Å². The molecule has 0 aliphatic carbocycles. The van der Waals surface area contributed by atoms with Crippen LogP contribution >= 0.6 is 0 Å². The first-order valence-electron chi connectivity index (χ1n) is 15.2. The Morgan fingerprint density at radius 3 is 0.933 bits per heavy atom. The minimum Gasteiger partial charge on any atom is -0.206 e. The van der Waals surface area contributed by atoms with Gasteiger partial charge in [-0.15, -0.1) is 11.1 Å². The van der Waals surface area contributed by atoms with E-state index in [0.29, 0.717) is 0 Å². The summed E-state index contributed by atoms with van der Waals surface area (Å²) in [6.07, 6.45) is 0. The molecular weight excluding hydrogens is 627 g/mol. The van der Waals surface area contributed by atoms with Crippen LogP contribution in [-0.4, -0.2) is 23.4 Å². The highest BCUT2D eigenvalue weighted by atomic mass is 28.3. The molecule has 2 rings (SSSR count). The zero-order valence-electron chi connectivity index (χ0n) is 28.1. The molecule has 1 radical (unpaired) electrons. The van der Waals surface area contributed by atoms with Crippen LogP contribution in [-0.2, 0) is 0 Å². The first-order chi connectivity index (χ1) is 20.6. The Balaban J connectivity index is 2.84. The Morgan fingerprint density at radius 2 is 0.622 bits per heavy atom. The normalized spacial score (nSPS) is 12.4. The van der Waals surface area contributed by atoms with Crippen molar-refractivity contribution in [2.24, 2.45) is 0 Å². The van der Waals surface area contributed by atoms with Gasteiger partial charge in [0.15, 0.2) is 40.7 Å². The highest BCUT2D eigenvalue weighted by molar-refractivity contribution is 6.91. The molecule has 0 saturated heterocycles. The zero-order chi connectivity index (χ0) is 34.9. The summed E-state index contributed by atoms with van der Waals surface area (Å²) in [5, 5.41) is 0. The van der Waals surface area contributed by atoms with E-state index >= 15 is 22.0 Å². The number of hydrogen-bond donors (Lipinski definition) is 0. The molecule has 2 aromatic rings. The van der Waals surface area contributed by atoms with E-state index < -0.39 is 84.7 Å². The van der Waals surface area contributed by atoms with Gasteiger partial charge >= 0.3 is 0 Å². The van der Waals surface area contributed by atoms with Crippen molar-refractivity contribution in [3.8, 4) is 22.9 Å². The average Bonchev–Trinajstić information content (AvgIpc) is 2.93. The lowest BCUT2D eigenvalue weighted by Crippen LogP contribution is -2.43. The third-order valence-corrected chi connectivity index (χ3v) is 22.0. The van der Waals surface area contributed by atoms with Gasteiger partial charge in [0.2, 0.25) is 7.28 Å². The minimum atomic E-state index is -2.61. The number of hydrogen-bond acceptors (Lipinski definition) is 0. The van der Waals surface area contributed by atoms with Crippen molar-refractivity contribution in [2.75, 3.05) is 0 Å². The van der Waals surface area contributed by atoms with Gasteiger partial charge in [0.25, 0.3) is 0 Å². The van der Waals surface area contributed by atoms with Gasteiger partial charge in [-0.3, -0.25) is 0 Å². The van der Waals surface area contributed by atoms with Crippen LogP contribution in [0.2, 0.25) is 33.2 Å². The smallest absolute Gasteiger partial charge is 0.206 e. The molecule has 0 N–H and O–H groups in total. The van der Waals surface area contributed by atoms with Gasteiger partial charge in [0.05, 0.1) is 5.56 Å². The highest BCUT2D eigenvalue weighted by Crippen LogP contribution is 2.42. The maximum atomic E-state index is 15.6. The van der Waals surface area contributed by atoms with Crippen molar-refractivity contribution >= 4 is 34.4 Å². The molecule has 0 spiro atoms. The lowest BCUT2D eigenvalue weighted by Gasteiger charge is -2.38. The van der Waals surface area contributed by atoms with Crippen molar-refractivity contribution in [3.05, 3.63) is 57.7 Å². The van der Waals surface area contributed by atoms with Gasteiger partial charge in [0.1, 0.15) is 27.5 Å². The summed E-state index contributed by atoms with van der Waals surface area (Å²) in [7, 11) is -5.10. The standard InChI is InChI=1S/C34H42BF8Si2/c1-17(2)44(18(3)4,19(5)6)15-13-23-27(36)25(33(42)34(43)30(23)39)35-26-31(40)28(37)24(29(38)32(26)41)14-16-45(20(7)8,21(9)10)22(11)12/h17-22H,1-12H3. The van der Waals surface area contributed by atoms with Crippen LogP contribution in [0.1, 0.15) is 94.2 Å². The summed E-state index contributed by atoms with van der Waals surface area (Å²) in [4.78, 5) is 0. The molecule has 0 aromatic heterocycles. The predicted octanol–water partition coefficient (Wildman–Crippen LogP) is 9.59. The van der Waals surface area contributed by atoms with Crippen LogP contribution in [0.25, 0.3) is 0 Å². The largest absolute Gasteiger partial charge is 0.207 e. The van der Waals surface area contributed by atoms with Gasteiger partial charge in [-0.1, -0.05) is 94.9 Å². The molecule has 0 aliphatic rings. The van der Waals surface area contributed by atoms with Crippen LogP contribution in [0, 0.1) is 69.5 Å². The average molecular weight is 670 g/mol. The van der Waals surface area contributed by atoms with Crippen molar-refractivity contribution in [3.63, 3.8) is 0 Å². The Morgan fingerprint density at radius 1 is 0.378 bits per heavy atom. The van der Waals surface area contributed by atoms with E-state index in [4.69, 9.17) is 0 Å². The second-order valence-electron chi connectivity index (χ2n) is 13.5. The van der Waals surface area contributed by atoms with Crippen LogP contribution in [0.3, 0.4) is 0 Å². The minimum absolute atomic E-state index is 0.0256. The molecule has 0 saturated carbocycles.